The van der Waals surface area contributed by atoms with Gasteiger partial charge < -0.3 is 64.8 Å². The van der Waals surface area contributed by atoms with E-state index in [0.717, 1.165) is 136 Å². The van der Waals surface area contributed by atoms with Crippen molar-refractivity contribution in [3.63, 3.8) is 0 Å². The normalized spacial score (nSPS) is 12.6. The van der Waals surface area contributed by atoms with Crippen LogP contribution in [-0.2, 0) is 12.4 Å². The molecule has 0 amide bonds. The third-order valence-electron chi connectivity index (χ3n) is 19.7. The van der Waals surface area contributed by atoms with Gasteiger partial charge in [0.05, 0.1) is 11.1 Å². The zero-order chi connectivity index (χ0) is 87.2. The van der Waals surface area contributed by atoms with Crippen LogP contribution in [0.5, 0.6) is 23.0 Å². The van der Waals surface area contributed by atoms with Crippen LogP contribution in [0.4, 0.5) is 52.7 Å². The molecular formula is C97H102F12N8O4. The van der Waals surface area contributed by atoms with Crippen molar-refractivity contribution in [2.75, 3.05) is 46.1 Å². The average molecular weight is 1670 g/mol. The number of hydrogen-bond acceptors (Lipinski definition) is 12. The van der Waals surface area contributed by atoms with Crippen molar-refractivity contribution in [1.82, 2.24) is 0 Å². The Balaban J connectivity index is 0.000000184. The summed E-state index contributed by atoms with van der Waals surface area (Å²) < 4.78 is 181. The number of halogens is 12. The molecule has 0 bridgehead atoms. The van der Waals surface area contributed by atoms with Gasteiger partial charge in [-0.05, 0) is 336 Å². The molecule has 0 aliphatic rings. The van der Waals surface area contributed by atoms with Crippen LogP contribution >= 0.6 is 0 Å². The highest BCUT2D eigenvalue weighted by molar-refractivity contribution is 5.79. The van der Waals surface area contributed by atoms with Crippen LogP contribution in [0.3, 0.4) is 0 Å². The molecule has 0 radical (unpaired) electrons. The van der Waals surface area contributed by atoms with Crippen LogP contribution < -0.4 is 64.8 Å². The van der Waals surface area contributed by atoms with E-state index in [9.17, 15) is 52.7 Å². The molecular weight excluding hydrogens is 1570 g/mol. The summed E-state index contributed by atoms with van der Waals surface area (Å²) in [7, 11) is 0. The third kappa shape index (κ3) is 30.4. The van der Waals surface area contributed by atoms with Gasteiger partial charge in [-0.3, -0.25) is 0 Å². The van der Waals surface area contributed by atoms with E-state index in [1.165, 1.54) is 97.1 Å². The number of rotatable bonds is 33. The average Bonchev–Trinajstić information content (AvgIpc) is 0.810. The third-order valence-corrected chi connectivity index (χ3v) is 19.7. The van der Waals surface area contributed by atoms with E-state index >= 15 is 0 Å². The van der Waals surface area contributed by atoms with Crippen LogP contribution in [0.1, 0.15) is 76.3 Å². The fraction of sp³-hybridized carbons (Fsp3) is 0.258. The Morgan fingerprint density at radius 1 is 0.240 bits per heavy atom. The van der Waals surface area contributed by atoms with Gasteiger partial charge in [-0.25, -0.2) is 26.3 Å². The van der Waals surface area contributed by atoms with Gasteiger partial charge >= 0.3 is 12.4 Å². The fourth-order valence-electron chi connectivity index (χ4n) is 12.6. The van der Waals surface area contributed by atoms with Crippen LogP contribution in [-0.4, -0.2) is 76.3 Å². The molecule has 121 heavy (non-hydrogen) atoms. The molecule has 0 aliphatic heterocycles. The highest BCUT2D eigenvalue weighted by atomic mass is 19.4. The van der Waals surface area contributed by atoms with Crippen molar-refractivity contribution in [1.29, 1.82) is 0 Å². The van der Waals surface area contributed by atoms with Gasteiger partial charge in [-0.15, -0.1) is 0 Å². The lowest BCUT2D eigenvalue weighted by Crippen LogP contribution is -2.33. The lowest BCUT2D eigenvalue weighted by atomic mass is 9.97. The molecule has 0 aromatic heterocycles. The van der Waals surface area contributed by atoms with Gasteiger partial charge in [-0.1, -0.05) is 111 Å². The smallest absolute Gasteiger partial charge is 0.416 e. The van der Waals surface area contributed by atoms with Gasteiger partial charge in [0.25, 0.3) is 0 Å². The number of hydrogen-bond donors (Lipinski definition) is 8. The second-order valence-electron chi connectivity index (χ2n) is 29.7. The van der Waals surface area contributed by atoms with Crippen molar-refractivity contribution in [3.05, 3.63) is 313 Å². The fourth-order valence-corrected chi connectivity index (χ4v) is 12.6. The first kappa shape index (κ1) is 93.5. The summed E-state index contributed by atoms with van der Waals surface area (Å²) in [5.41, 5.74) is 58.1. The monoisotopic (exact) mass is 1670 g/mol. The van der Waals surface area contributed by atoms with E-state index in [2.05, 4.69) is 13.8 Å². The van der Waals surface area contributed by atoms with E-state index in [1.807, 2.05) is 54.6 Å². The Morgan fingerprint density at radius 3 is 0.579 bits per heavy atom. The van der Waals surface area contributed by atoms with Crippen molar-refractivity contribution >= 4 is 0 Å². The molecule has 12 rings (SSSR count). The summed E-state index contributed by atoms with van der Waals surface area (Å²) in [6, 6.07) is 68.8. The van der Waals surface area contributed by atoms with E-state index in [-0.39, 0.29) is 71.7 Å². The van der Waals surface area contributed by atoms with Crippen molar-refractivity contribution in [3.8, 4) is 112 Å². The SMILES string of the molecule is CC(C)C(N)CC[C@H](N)COc1cc(-c2ccc(F)cc2)cc(-c2ccc(F)cc2)c1.NCCC[C@@H](N)COc1cc(-c2ccc(F)cc2)cc(-c2ccc(F)cc2)c1.NCCC[C@H](N)COc1cc(-c2ccc(C(F)(F)F)cc2)cc(-c2ccc(C(F)(F)F)cc2)c1.NCCC[C@H](N)COc1cc(-c2ccc(F)cc2)cc(-c2ccc(F)cc2)c1. The highest BCUT2D eigenvalue weighted by Crippen LogP contribution is 2.40. The number of ether oxygens (including phenoxy) is 4. The first-order chi connectivity index (χ1) is 57.9. The summed E-state index contributed by atoms with van der Waals surface area (Å²) in [5, 5.41) is 0. The van der Waals surface area contributed by atoms with Gasteiger partial charge in [-0.2, -0.15) is 26.3 Å². The molecule has 0 fully saturated rings. The van der Waals surface area contributed by atoms with E-state index < -0.39 is 23.5 Å². The summed E-state index contributed by atoms with van der Waals surface area (Å²) in [6.07, 6.45) is -2.64. The lowest BCUT2D eigenvalue weighted by Gasteiger charge is -2.19. The topological polar surface area (TPSA) is 245 Å². The number of nitrogens with two attached hydrogens (primary N) is 8. The molecule has 0 heterocycles. The molecule has 0 saturated carbocycles. The zero-order valence-corrected chi connectivity index (χ0v) is 67.3. The molecule has 12 aromatic carbocycles. The van der Waals surface area contributed by atoms with Gasteiger partial charge in [0.1, 0.15) is 84.3 Å². The highest BCUT2D eigenvalue weighted by Gasteiger charge is 2.31. The van der Waals surface area contributed by atoms with E-state index in [4.69, 9.17) is 64.8 Å². The molecule has 12 aromatic rings. The molecule has 0 spiro atoms. The first-order valence-electron chi connectivity index (χ1n) is 39.8. The Morgan fingerprint density at radius 2 is 0.413 bits per heavy atom. The zero-order valence-electron chi connectivity index (χ0n) is 67.3. The number of benzene rings is 12. The molecule has 638 valence electrons. The first-order valence-corrected chi connectivity index (χ1v) is 39.8. The summed E-state index contributed by atoms with van der Waals surface area (Å²) in [4.78, 5) is 0. The summed E-state index contributed by atoms with van der Waals surface area (Å²) >= 11 is 0. The van der Waals surface area contributed by atoms with Crippen molar-refractivity contribution in [2.45, 2.75) is 108 Å². The maximum Gasteiger partial charge on any atom is 0.416 e. The van der Waals surface area contributed by atoms with Crippen LogP contribution in [0, 0.1) is 40.8 Å². The predicted octanol–water partition coefficient (Wildman–Crippen LogP) is 21.8. The molecule has 0 aliphatic carbocycles. The maximum atomic E-state index is 13.4. The van der Waals surface area contributed by atoms with Gasteiger partial charge in [0, 0.05) is 30.2 Å². The van der Waals surface area contributed by atoms with Crippen molar-refractivity contribution in [2.24, 2.45) is 51.8 Å². The minimum atomic E-state index is -4.46. The molecule has 24 heteroatoms. The Labute approximate surface area is 698 Å². The minimum Gasteiger partial charge on any atom is -0.492 e. The Kier molecular flexibility index (Phi) is 35.5. The Hall–Kier alpha value is -11.3. The van der Waals surface area contributed by atoms with Crippen molar-refractivity contribution < 1.29 is 71.6 Å². The second kappa shape index (κ2) is 45.9. The van der Waals surface area contributed by atoms with Gasteiger partial charge in [0.15, 0.2) is 0 Å². The molecule has 16 N–H and O–H groups in total. The molecule has 5 atom stereocenters. The summed E-state index contributed by atoms with van der Waals surface area (Å²) in [5.74, 6) is 1.04. The molecule has 12 nitrogen and oxygen atoms in total. The second-order valence-corrected chi connectivity index (χ2v) is 29.7. The largest absolute Gasteiger partial charge is 0.492 e. The minimum absolute atomic E-state index is 0.104. The lowest BCUT2D eigenvalue weighted by molar-refractivity contribution is -0.138. The predicted molar refractivity (Wildman–Crippen MR) is 460 cm³/mol. The molecule has 0 saturated heterocycles. The van der Waals surface area contributed by atoms with Crippen LogP contribution in [0.2, 0.25) is 0 Å². The quantitative estimate of drug-likeness (QED) is 0.0179. The molecule has 1 unspecified atom stereocenters. The number of alkyl halides is 6. The standard InChI is InChI=1S/C26H30F2N2O.C25H24F6N2O.2C23H24F2N2O/c1-17(2)26(30)12-11-24(29)16-31-25-14-20(18-3-7-22(27)8-4-18)13-21(15-25)19-5-9-23(28)10-6-19;26-24(27,28)20-7-3-16(4-8-20)18-12-19(17-5-9-21(10-6-17)25(29,30)31)14-23(13-18)34-15-22(33)2-1-11-32;2*24-20-7-3-16(4-8-20)18-12-19(17-5-9-21(25)10-6-17)14-23(13-18)28-15-22(27)2-1-11-26/h3-10,13-15,17,24,26H,11-12,16,29-30H2,1-2H3;3-10,12-14,22H,1-2,11,15,32-33H2;2*3-10,12-14,22H,1-2,11,15,26-27H2/t24-,26?;3*22-/m0010/s1. The van der Waals surface area contributed by atoms with E-state index in [0.29, 0.717) is 97.0 Å². The van der Waals surface area contributed by atoms with E-state index in [1.54, 1.807) is 91.0 Å². The van der Waals surface area contributed by atoms with Crippen LogP contribution in [0.15, 0.2) is 267 Å². The van der Waals surface area contributed by atoms with Gasteiger partial charge in [0.2, 0.25) is 0 Å². The van der Waals surface area contributed by atoms with Crippen LogP contribution in [0.25, 0.3) is 89.0 Å². The maximum absolute atomic E-state index is 13.4. The summed E-state index contributed by atoms with van der Waals surface area (Å²) in [6.45, 7) is 7.18. The Bertz CT molecular complexity index is 4710.